The standard InChI is InChI=1S/C13H16O4/c1-3-17-9-11-8-12(16-2)6-4-10(11)5-7-13(14)15/h4-8H,3,9H2,1-2H3,(H,14,15). The molecule has 0 amide bonds. The van der Waals surface area contributed by atoms with Gasteiger partial charge in [-0.3, -0.25) is 0 Å². The lowest BCUT2D eigenvalue weighted by Gasteiger charge is -2.08. The largest absolute Gasteiger partial charge is 0.497 e. The van der Waals surface area contributed by atoms with Gasteiger partial charge >= 0.3 is 5.97 Å². The van der Waals surface area contributed by atoms with Crippen molar-refractivity contribution in [2.45, 2.75) is 13.5 Å². The van der Waals surface area contributed by atoms with Crippen LogP contribution in [0.5, 0.6) is 5.75 Å². The number of aliphatic carboxylic acids is 1. The Labute approximate surface area is 100 Å². The molecular weight excluding hydrogens is 220 g/mol. The fourth-order valence-corrected chi connectivity index (χ4v) is 1.37. The summed E-state index contributed by atoms with van der Waals surface area (Å²) in [5.74, 6) is -0.240. The van der Waals surface area contributed by atoms with Crippen LogP contribution in [-0.4, -0.2) is 24.8 Å². The Morgan fingerprint density at radius 3 is 2.82 bits per heavy atom. The number of carbonyl (C=O) groups is 1. The molecule has 0 bridgehead atoms. The van der Waals surface area contributed by atoms with E-state index in [4.69, 9.17) is 14.6 Å². The molecule has 4 nitrogen and oxygen atoms in total. The van der Waals surface area contributed by atoms with Gasteiger partial charge in [-0.15, -0.1) is 0 Å². The number of carboxylic acids is 1. The van der Waals surface area contributed by atoms with Crippen LogP contribution in [0.15, 0.2) is 24.3 Å². The van der Waals surface area contributed by atoms with Gasteiger partial charge in [0, 0.05) is 12.7 Å². The summed E-state index contributed by atoms with van der Waals surface area (Å²) in [5.41, 5.74) is 1.73. The maximum absolute atomic E-state index is 10.5. The molecule has 1 N–H and O–H groups in total. The highest BCUT2D eigenvalue weighted by atomic mass is 16.5. The quantitative estimate of drug-likeness (QED) is 0.770. The molecule has 0 aliphatic heterocycles. The first-order valence-electron chi connectivity index (χ1n) is 5.33. The third-order valence-corrected chi connectivity index (χ3v) is 2.22. The normalized spacial score (nSPS) is 10.7. The smallest absolute Gasteiger partial charge is 0.328 e. The van der Waals surface area contributed by atoms with Crippen molar-refractivity contribution in [2.75, 3.05) is 13.7 Å². The monoisotopic (exact) mass is 236 g/mol. The van der Waals surface area contributed by atoms with E-state index < -0.39 is 5.97 Å². The van der Waals surface area contributed by atoms with Gasteiger partial charge < -0.3 is 14.6 Å². The lowest BCUT2D eigenvalue weighted by atomic mass is 10.1. The van der Waals surface area contributed by atoms with E-state index >= 15 is 0 Å². The lowest BCUT2D eigenvalue weighted by Crippen LogP contribution is -1.96. The molecule has 4 heteroatoms. The summed E-state index contributed by atoms with van der Waals surface area (Å²) in [5, 5.41) is 8.60. The van der Waals surface area contributed by atoms with Crippen molar-refractivity contribution in [3.8, 4) is 5.75 Å². The summed E-state index contributed by atoms with van der Waals surface area (Å²) < 4.78 is 10.4. The Morgan fingerprint density at radius 1 is 1.47 bits per heavy atom. The van der Waals surface area contributed by atoms with E-state index in [9.17, 15) is 4.79 Å². The average Bonchev–Trinajstić information content (AvgIpc) is 2.34. The van der Waals surface area contributed by atoms with Crippen molar-refractivity contribution >= 4 is 12.0 Å². The highest BCUT2D eigenvalue weighted by Crippen LogP contribution is 2.19. The Morgan fingerprint density at radius 2 is 2.24 bits per heavy atom. The maximum atomic E-state index is 10.5. The molecule has 0 aliphatic carbocycles. The van der Waals surface area contributed by atoms with Crippen molar-refractivity contribution in [3.63, 3.8) is 0 Å². The fraction of sp³-hybridized carbons (Fsp3) is 0.308. The van der Waals surface area contributed by atoms with Gasteiger partial charge in [-0.05, 0) is 36.3 Å². The second-order valence-electron chi connectivity index (χ2n) is 3.37. The van der Waals surface area contributed by atoms with E-state index in [-0.39, 0.29) is 0 Å². The van der Waals surface area contributed by atoms with Crippen molar-refractivity contribution in [2.24, 2.45) is 0 Å². The van der Waals surface area contributed by atoms with E-state index in [2.05, 4.69) is 0 Å². The van der Waals surface area contributed by atoms with Crippen LogP contribution >= 0.6 is 0 Å². The molecule has 0 fully saturated rings. The average molecular weight is 236 g/mol. The number of benzene rings is 1. The van der Waals surface area contributed by atoms with Crippen molar-refractivity contribution in [3.05, 3.63) is 35.4 Å². The lowest BCUT2D eigenvalue weighted by molar-refractivity contribution is -0.131. The zero-order chi connectivity index (χ0) is 12.7. The highest BCUT2D eigenvalue weighted by molar-refractivity contribution is 5.85. The van der Waals surface area contributed by atoms with Crippen molar-refractivity contribution < 1.29 is 19.4 Å². The minimum absolute atomic E-state index is 0.437. The third-order valence-electron chi connectivity index (χ3n) is 2.22. The van der Waals surface area contributed by atoms with E-state index in [1.807, 2.05) is 19.1 Å². The SMILES string of the molecule is CCOCc1cc(OC)ccc1C=CC(=O)O. The molecule has 0 heterocycles. The zero-order valence-corrected chi connectivity index (χ0v) is 9.97. The second kappa shape index (κ2) is 6.70. The van der Waals surface area contributed by atoms with Crippen molar-refractivity contribution in [1.82, 2.24) is 0 Å². The van der Waals surface area contributed by atoms with Crippen LogP contribution in [0.2, 0.25) is 0 Å². The Balaban J connectivity index is 2.97. The van der Waals surface area contributed by atoms with E-state index in [1.165, 1.54) is 0 Å². The maximum Gasteiger partial charge on any atom is 0.328 e. The summed E-state index contributed by atoms with van der Waals surface area (Å²) >= 11 is 0. The molecule has 0 aromatic heterocycles. The van der Waals surface area contributed by atoms with Gasteiger partial charge in [0.2, 0.25) is 0 Å². The van der Waals surface area contributed by atoms with Crippen LogP contribution in [0.4, 0.5) is 0 Å². The van der Waals surface area contributed by atoms with E-state index in [0.717, 1.165) is 23.0 Å². The number of hydrogen-bond acceptors (Lipinski definition) is 3. The minimum Gasteiger partial charge on any atom is -0.497 e. The van der Waals surface area contributed by atoms with Gasteiger partial charge in [-0.2, -0.15) is 0 Å². The summed E-state index contributed by atoms with van der Waals surface area (Å²) in [6.07, 6.45) is 2.66. The first-order valence-corrected chi connectivity index (χ1v) is 5.33. The number of hydrogen-bond donors (Lipinski definition) is 1. The van der Waals surface area contributed by atoms with Crippen LogP contribution in [0.25, 0.3) is 6.08 Å². The predicted octanol–water partition coefficient (Wildman–Crippen LogP) is 2.33. The predicted molar refractivity (Wildman–Crippen MR) is 65.0 cm³/mol. The van der Waals surface area contributed by atoms with Crippen LogP contribution in [0, 0.1) is 0 Å². The molecule has 0 aliphatic rings. The number of methoxy groups -OCH3 is 1. The molecule has 1 aromatic rings. The Bertz CT molecular complexity index is 410. The van der Waals surface area contributed by atoms with Gasteiger partial charge in [-0.25, -0.2) is 4.79 Å². The molecule has 0 saturated carbocycles. The minimum atomic E-state index is -0.969. The van der Waals surface area contributed by atoms with Gasteiger partial charge in [0.1, 0.15) is 5.75 Å². The topological polar surface area (TPSA) is 55.8 Å². The molecular formula is C13H16O4. The molecule has 92 valence electrons. The molecule has 0 unspecified atom stereocenters. The molecule has 0 saturated heterocycles. The summed E-state index contributed by atoms with van der Waals surface area (Å²) in [6.45, 7) is 2.96. The van der Waals surface area contributed by atoms with Gasteiger partial charge in [0.05, 0.1) is 13.7 Å². The fourth-order valence-electron chi connectivity index (χ4n) is 1.37. The molecule has 0 radical (unpaired) electrons. The van der Waals surface area contributed by atoms with Crippen LogP contribution in [-0.2, 0) is 16.1 Å². The summed E-state index contributed by atoms with van der Waals surface area (Å²) in [4.78, 5) is 10.5. The molecule has 1 rings (SSSR count). The van der Waals surface area contributed by atoms with Crippen LogP contribution in [0.1, 0.15) is 18.1 Å². The molecule has 17 heavy (non-hydrogen) atoms. The van der Waals surface area contributed by atoms with E-state index in [1.54, 1.807) is 19.3 Å². The zero-order valence-electron chi connectivity index (χ0n) is 9.97. The first-order chi connectivity index (χ1) is 8.17. The van der Waals surface area contributed by atoms with Gasteiger partial charge in [0.15, 0.2) is 0 Å². The Hall–Kier alpha value is -1.81. The van der Waals surface area contributed by atoms with Crippen LogP contribution in [0.3, 0.4) is 0 Å². The summed E-state index contributed by atoms with van der Waals surface area (Å²) in [7, 11) is 1.59. The first kappa shape index (κ1) is 13.3. The van der Waals surface area contributed by atoms with Gasteiger partial charge in [0.25, 0.3) is 0 Å². The highest BCUT2D eigenvalue weighted by Gasteiger charge is 2.03. The van der Waals surface area contributed by atoms with Gasteiger partial charge in [-0.1, -0.05) is 6.07 Å². The molecule has 1 aromatic carbocycles. The van der Waals surface area contributed by atoms with Crippen molar-refractivity contribution in [1.29, 1.82) is 0 Å². The number of carboxylic acid groups (broad SMARTS) is 1. The van der Waals surface area contributed by atoms with E-state index in [0.29, 0.717) is 13.2 Å². The number of ether oxygens (including phenoxy) is 2. The molecule has 0 spiro atoms. The Kier molecular flexibility index (Phi) is 5.23. The second-order valence-corrected chi connectivity index (χ2v) is 3.37. The number of rotatable bonds is 6. The third kappa shape index (κ3) is 4.28. The molecule has 0 atom stereocenters. The van der Waals surface area contributed by atoms with Crippen LogP contribution < -0.4 is 4.74 Å². The summed E-state index contributed by atoms with van der Waals surface area (Å²) in [6, 6.07) is 5.45.